The lowest BCUT2D eigenvalue weighted by molar-refractivity contribution is -0.139. The van der Waals surface area contributed by atoms with Crippen LogP contribution >= 0.6 is 0 Å². The highest BCUT2D eigenvalue weighted by molar-refractivity contribution is 5.95. The van der Waals surface area contributed by atoms with E-state index in [-0.39, 0.29) is 30.3 Å². The number of carbonyl (C=O) groups is 3. The van der Waals surface area contributed by atoms with Gasteiger partial charge in [-0.2, -0.15) is 0 Å². The molecule has 210 valence electrons. The summed E-state index contributed by atoms with van der Waals surface area (Å²) in [4.78, 5) is 42.2. The monoisotopic (exact) mass is 540 g/mol. The van der Waals surface area contributed by atoms with E-state index in [0.29, 0.717) is 18.5 Å². The second-order valence-corrected chi connectivity index (χ2v) is 11.8. The van der Waals surface area contributed by atoms with Crippen LogP contribution < -0.4 is 16.0 Å². The maximum absolute atomic E-state index is 14.2. The molecule has 0 aliphatic carbocycles. The van der Waals surface area contributed by atoms with Crippen LogP contribution in [0.15, 0.2) is 78.9 Å². The number of rotatable bonds is 6. The number of amides is 4. The Bertz CT molecular complexity index is 1350. The van der Waals surface area contributed by atoms with Crippen molar-refractivity contribution in [2.24, 2.45) is 0 Å². The molecule has 4 rings (SSSR count). The van der Waals surface area contributed by atoms with E-state index in [2.05, 4.69) is 34.1 Å². The summed E-state index contributed by atoms with van der Waals surface area (Å²) in [5.41, 5.74) is 4.38. The number of urea groups is 1. The standard InChI is InChI=1S/C33H40N4O3/c1-22-11-9-15-25(17-22)29-20-26(24-13-7-6-8-14-24)19-28(31(39)37(29)21-30(38)36-33(3,4)5)35-32(40)34-27-16-10-12-23(2)18-27/h6-18,26,28-29H,19-21H2,1-5H3,(H,36,38)(H2,34,35,40)/t26-,28+,29+/m0/s1. The Balaban J connectivity index is 1.70. The summed E-state index contributed by atoms with van der Waals surface area (Å²) in [5, 5.41) is 8.80. The fraction of sp³-hybridized carbons (Fsp3) is 0.364. The van der Waals surface area contributed by atoms with Crippen molar-refractivity contribution in [3.8, 4) is 0 Å². The summed E-state index contributed by atoms with van der Waals surface area (Å²) in [6, 6.07) is 24.1. The molecule has 3 aromatic rings. The maximum atomic E-state index is 14.2. The van der Waals surface area contributed by atoms with Gasteiger partial charge in [0.15, 0.2) is 0 Å². The minimum Gasteiger partial charge on any atom is -0.350 e. The van der Waals surface area contributed by atoms with E-state index in [1.165, 1.54) is 0 Å². The second-order valence-electron chi connectivity index (χ2n) is 11.8. The number of aryl methyl sites for hydroxylation is 2. The first-order valence-electron chi connectivity index (χ1n) is 13.9. The lowest BCUT2D eigenvalue weighted by atomic mass is 9.86. The van der Waals surface area contributed by atoms with Crippen LogP contribution in [0.1, 0.15) is 67.8 Å². The predicted octanol–water partition coefficient (Wildman–Crippen LogP) is 5.86. The average molecular weight is 541 g/mol. The van der Waals surface area contributed by atoms with Gasteiger partial charge in [0, 0.05) is 11.2 Å². The van der Waals surface area contributed by atoms with Gasteiger partial charge in [-0.05, 0) is 82.2 Å². The Labute approximate surface area is 237 Å². The average Bonchev–Trinajstić information content (AvgIpc) is 3.00. The van der Waals surface area contributed by atoms with Crippen LogP contribution in [0.25, 0.3) is 0 Å². The molecule has 0 bridgehead atoms. The molecule has 1 fully saturated rings. The fourth-order valence-corrected chi connectivity index (χ4v) is 5.39. The maximum Gasteiger partial charge on any atom is 0.319 e. The molecule has 1 heterocycles. The first-order chi connectivity index (χ1) is 19.0. The van der Waals surface area contributed by atoms with Crippen molar-refractivity contribution in [2.75, 3.05) is 11.9 Å². The van der Waals surface area contributed by atoms with Crippen LogP contribution in [0, 0.1) is 13.8 Å². The Hall–Kier alpha value is -4.13. The molecule has 0 saturated carbocycles. The lowest BCUT2D eigenvalue weighted by Crippen LogP contribution is -2.53. The molecule has 7 heteroatoms. The molecule has 0 spiro atoms. The van der Waals surface area contributed by atoms with Gasteiger partial charge in [-0.15, -0.1) is 0 Å². The van der Waals surface area contributed by atoms with Crippen molar-refractivity contribution in [1.29, 1.82) is 0 Å². The molecular formula is C33H40N4O3. The Kier molecular flexibility index (Phi) is 8.93. The molecular weight excluding hydrogens is 500 g/mol. The summed E-state index contributed by atoms with van der Waals surface area (Å²) in [6.45, 7) is 9.62. The molecule has 4 amide bonds. The molecule has 40 heavy (non-hydrogen) atoms. The molecule has 0 unspecified atom stereocenters. The van der Waals surface area contributed by atoms with Gasteiger partial charge in [0.2, 0.25) is 11.8 Å². The molecule has 7 nitrogen and oxygen atoms in total. The van der Waals surface area contributed by atoms with Gasteiger partial charge in [-0.25, -0.2) is 4.79 Å². The minimum absolute atomic E-state index is 0.0180. The van der Waals surface area contributed by atoms with Crippen molar-refractivity contribution in [3.63, 3.8) is 0 Å². The highest BCUT2D eigenvalue weighted by atomic mass is 16.2. The number of hydrogen-bond acceptors (Lipinski definition) is 3. The van der Waals surface area contributed by atoms with E-state index in [9.17, 15) is 14.4 Å². The number of hydrogen-bond donors (Lipinski definition) is 3. The molecule has 1 aliphatic rings. The molecule has 0 radical (unpaired) electrons. The molecule has 3 atom stereocenters. The minimum atomic E-state index is -0.813. The number of likely N-dealkylation sites (tertiary alicyclic amines) is 1. The highest BCUT2D eigenvalue weighted by Gasteiger charge is 2.40. The highest BCUT2D eigenvalue weighted by Crippen LogP contribution is 2.39. The fourth-order valence-electron chi connectivity index (χ4n) is 5.39. The quantitative estimate of drug-likeness (QED) is 0.366. The third-order valence-corrected chi connectivity index (χ3v) is 7.09. The summed E-state index contributed by atoms with van der Waals surface area (Å²) >= 11 is 0. The number of anilines is 1. The van der Waals surface area contributed by atoms with Crippen molar-refractivity contribution < 1.29 is 14.4 Å². The number of nitrogens with one attached hydrogen (secondary N) is 3. The molecule has 3 N–H and O–H groups in total. The van der Waals surface area contributed by atoms with Crippen molar-refractivity contribution >= 4 is 23.5 Å². The van der Waals surface area contributed by atoms with Crippen LogP contribution in [0.4, 0.5) is 10.5 Å². The van der Waals surface area contributed by atoms with E-state index >= 15 is 0 Å². The Morgan fingerprint density at radius 2 is 1.50 bits per heavy atom. The number of nitrogens with zero attached hydrogens (tertiary/aromatic N) is 1. The Morgan fingerprint density at radius 1 is 0.850 bits per heavy atom. The summed E-state index contributed by atoms with van der Waals surface area (Å²) < 4.78 is 0. The van der Waals surface area contributed by atoms with E-state index in [1.807, 2.05) is 95.3 Å². The van der Waals surface area contributed by atoms with E-state index in [0.717, 1.165) is 22.3 Å². The summed E-state index contributed by atoms with van der Waals surface area (Å²) in [6.07, 6.45) is 1.05. The first-order valence-corrected chi connectivity index (χ1v) is 13.9. The number of carbonyl (C=O) groups excluding carboxylic acids is 3. The largest absolute Gasteiger partial charge is 0.350 e. The predicted molar refractivity (Wildman–Crippen MR) is 159 cm³/mol. The zero-order valence-corrected chi connectivity index (χ0v) is 24.0. The third-order valence-electron chi connectivity index (χ3n) is 7.09. The van der Waals surface area contributed by atoms with Crippen LogP contribution in [0.3, 0.4) is 0 Å². The normalized spacial score (nSPS) is 19.5. The SMILES string of the molecule is Cc1cccc(NC(=O)N[C@@H]2C[C@H](c3ccccc3)C[C@H](c3cccc(C)c3)N(CC(=O)NC(C)(C)C)C2=O)c1. The van der Waals surface area contributed by atoms with Gasteiger partial charge < -0.3 is 20.9 Å². The van der Waals surface area contributed by atoms with Gasteiger partial charge >= 0.3 is 6.03 Å². The van der Waals surface area contributed by atoms with Gasteiger partial charge in [0.25, 0.3) is 0 Å². The van der Waals surface area contributed by atoms with Gasteiger partial charge in [-0.1, -0.05) is 72.3 Å². The zero-order chi connectivity index (χ0) is 28.9. The lowest BCUT2D eigenvalue weighted by Gasteiger charge is -2.33. The molecule has 1 aliphatic heterocycles. The summed E-state index contributed by atoms with van der Waals surface area (Å²) in [5.74, 6) is -0.524. The third kappa shape index (κ3) is 7.72. The van der Waals surface area contributed by atoms with Crippen molar-refractivity contribution in [1.82, 2.24) is 15.5 Å². The van der Waals surface area contributed by atoms with Crippen molar-refractivity contribution in [2.45, 2.75) is 71.0 Å². The van der Waals surface area contributed by atoms with Gasteiger partial charge in [0.1, 0.15) is 12.6 Å². The van der Waals surface area contributed by atoms with Crippen LogP contribution in [-0.4, -0.2) is 40.9 Å². The van der Waals surface area contributed by atoms with E-state index in [4.69, 9.17) is 0 Å². The van der Waals surface area contributed by atoms with Crippen LogP contribution in [0.2, 0.25) is 0 Å². The van der Waals surface area contributed by atoms with E-state index < -0.39 is 17.6 Å². The number of benzene rings is 3. The Morgan fingerprint density at radius 3 is 2.15 bits per heavy atom. The van der Waals surface area contributed by atoms with E-state index in [1.54, 1.807) is 4.90 Å². The topological polar surface area (TPSA) is 90.5 Å². The first kappa shape index (κ1) is 28.9. The van der Waals surface area contributed by atoms with Gasteiger partial charge in [-0.3, -0.25) is 9.59 Å². The second kappa shape index (κ2) is 12.4. The summed E-state index contributed by atoms with van der Waals surface area (Å²) in [7, 11) is 0. The molecule has 1 saturated heterocycles. The molecule has 0 aromatic heterocycles. The van der Waals surface area contributed by atoms with Crippen LogP contribution in [-0.2, 0) is 9.59 Å². The zero-order valence-electron chi connectivity index (χ0n) is 24.0. The smallest absolute Gasteiger partial charge is 0.319 e. The molecule has 3 aromatic carbocycles. The van der Waals surface area contributed by atoms with Crippen LogP contribution in [0.5, 0.6) is 0 Å². The van der Waals surface area contributed by atoms with Gasteiger partial charge in [0.05, 0.1) is 6.04 Å². The van der Waals surface area contributed by atoms with Crippen molar-refractivity contribution in [3.05, 3.63) is 101 Å².